The molecule has 0 atom stereocenters. The average Bonchev–Trinajstić information content (AvgIpc) is 2.32. The van der Waals surface area contributed by atoms with E-state index in [9.17, 15) is 0 Å². The number of ether oxygens (including phenoxy) is 1. The molecule has 0 bridgehead atoms. The van der Waals surface area contributed by atoms with E-state index >= 15 is 0 Å². The Balaban J connectivity index is 2.03. The Morgan fingerprint density at radius 3 is 2.35 bits per heavy atom. The molecule has 1 aromatic heterocycles. The topological polar surface area (TPSA) is 26.0 Å². The molecule has 0 saturated carbocycles. The predicted octanol–water partition coefficient (Wildman–Crippen LogP) is 2.20. The highest BCUT2D eigenvalue weighted by Gasteiger charge is 2.02. The van der Waals surface area contributed by atoms with Gasteiger partial charge in [0.25, 0.3) is 0 Å². The van der Waals surface area contributed by atoms with Crippen molar-refractivity contribution in [1.82, 2.24) is 4.98 Å². The molecule has 2 aromatic rings. The lowest BCUT2D eigenvalue weighted by molar-refractivity contribution is -0.688. The van der Waals surface area contributed by atoms with Gasteiger partial charge in [-0.1, -0.05) is 0 Å². The molecule has 0 fully saturated rings. The fraction of sp³-hybridized carbons (Fsp3) is 0.286. The van der Waals surface area contributed by atoms with E-state index in [0.717, 1.165) is 12.3 Å². The van der Waals surface area contributed by atoms with Crippen molar-refractivity contribution in [3.63, 3.8) is 0 Å². The smallest absolute Gasteiger partial charge is 0.187 e. The predicted molar refractivity (Wildman–Crippen MR) is 65.7 cm³/mol. The fourth-order valence-electron chi connectivity index (χ4n) is 1.61. The van der Waals surface area contributed by atoms with Crippen LogP contribution in [0.15, 0.2) is 49.1 Å². The molecule has 3 nitrogen and oxygen atoms in total. The summed E-state index contributed by atoms with van der Waals surface area (Å²) in [5, 5.41) is 0. The summed E-state index contributed by atoms with van der Waals surface area (Å²) >= 11 is 0. The van der Waals surface area contributed by atoms with Crippen LogP contribution in [0.4, 0.5) is 0 Å². The quantitative estimate of drug-likeness (QED) is 0.751. The van der Waals surface area contributed by atoms with Crippen molar-refractivity contribution in [2.24, 2.45) is 0 Å². The van der Waals surface area contributed by atoms with Crippen LogP contribution in [0, 0.1) is 0 Å². The van der Waals surface area contributed by atoms with E-state index in [1.807, 2.05) is 38.4 Å². The zero-order valence-corrected chi connectivity index (χ0v) is 10.2. The zero-order chi connectivity index (χ0) is 12.1. The number of aromatic nitrogens is 2. The fourth-order valence-corrected chi connectivity index (χ4v) is 1.61. The van der Waals surface area contributed by atoms with Gasteiger partial charge in [-0.3, -0.25) is 4.98 Å². The Labute approximate surface area is 102 Å². The summed E-state index contributed by atoms with van der Waals surface area (Å²) in [6.07, 6.45) is 7.71. The van der Waals surface area contributed by atoms with Crippen LogP contribution in [0.5, 0.6) is 5.75 Å². The molecule has 0 N–H and O–H groups in total. The molecule has 88 valence electrons. The molecule has 1 aromatic carbocycles. The minimum absolute atomic E-state index is 0.218. The Morgan fingerprint density at radius 2 is 1.76 bits per heavy atom. The summed E-state index contributed by atoms with van der Waals surface area (Å²) in [7, 11) is 0. The van der Waals surface area contributed by atoms with Crippen molar-refractivity contribution in [1.29, 1.82) is 0 Å². The Kier molecular flexibility index (Phi) is 3.70. The van der Waals surface area contributed by atoms with Gasteiger partial charge in [-0.05, 0) is 38.1 Å². The van der Waals surface area contributed by atoms with E-state index in [0.29, 0.717) is 0 Å². The Hall–Kier alpha value is -1.90. The van der Waals surface area contributed by atoms with Gasteiger partial charge >= 0.3 is 0 Å². The zero-order valence-electron chi connectivity index (χ0n) is 10.2. The van der Waals surface area contributed by atoms with E-state index in [-0.39, 0.29) is 6.10 Å². The number of nitrogens with zero attached hydrogens (tertiary/aromatic N) is 2. The van der Waals surface area contributed by atoms with E-state index in [1.54, 1.807) is 12.4 Å². The normalized spacial score (nSPS) is 10.5. The standard InChI is InChI=1S/C14H17N2O/c1-12(2)17-14-5-3-13(4-6-14)11-16-9-7-15-8-10-16/h3-10,12H,11H2,1-2H3/q+1. The van der Waals surface area contributed by atoms with Crippen LogP contribution in [-0.2, 0) is 6.54 Å². The van der Waals surface area contributed by atoms with Crippen molar-refractivity contribution < 1.29 is 9.30 Å². The van der Waals surface area contributed by atoms with Gasteiger partial charge in [-0.2, -0.15) is 4.57 Å². The molecule has 0 aliphatic carbocycles. The van der Waals surface area contributed by atoms with Gasteiger partial charge in [-0.25, -0.2) is 0 Å². The number of rotatable bonds is 4. The summed E-state index contributed by atoms with van der Waals surface area (Å²) in [6, 6.07) is 8.20. The maximum atomic E-state index is 5.60. The molecule has 0 amide bonds. The molecule has 0 radical (unpaired) electrons. The summed E-state index contributed by atoms with van der Waals surface area (Å²) < 4.78 is 7.69. The third-order valence-electron chi connectivity index (χ3n) is 2.35. The van der Waals surface area contributed by atoms with Gasteiger partial charge in [0.2, 0.25) is 0 Å². The lowest BCUT2D eigenvalue weighted by Gasteiger charge is -2.09. The van der Waals surface area contributed by atoms with Crippen molar-refractivity contribution in [2.75, 3.05) is 0 Å². The Morgan fingerprint density at radius 1 is 1.12 bits per heavy atom. The van der Waals surface area contributed by atoms with Crippen LogP contribution >= 0.6 is 0 Å². The summed E-state index contributed by atoms with van der Waals surface area (Å²) in [5.74, 6) is 0.920. The third kappa shape index (κ3) is 3.55. The van der Waals surface area contributed by atoms with Crippen LogP contribution < -0.4 is 9.30 Å². The minimum atomic E-state index is 0.218. The second-order valence-electron chi connectivity index (χ2n) is 4.23. The van der Waals surface area contributed by atoms with Crippen LogP contribution in [0.1, 0.15) is 19.4 Å². The van der Waals surface area contributed by atoms with Crippen LogP contribution in [0.2, 0.25) is 0 Å². The third-order valence-corrected chi connectivity index (χ3v) is 2.35. The molecule has 0 aliphatic rings. The molecule has 17 heavy (non-hydrogen) atoms. The maximum Gasteiger partial charge on any atom is 0.187 e. The lowest BCUT2D eigenvalue weighted by atomic mass is 10.2. The van der Waals surface area contributed by atoms with Gasteiger partial charge in [0, 0.05) is 5.56 Å². The molecular formula is C14H17N2O+. The van der Waals surface area contributed by atoms with E-state index in [1.165, 1.54) is 5.56 Å². The minimum Gasteiger partial charge on any atom is -0.491 e. The molecule has 0 unspecified atom stereocenters. The van der Waals surface area contributed by atoms with E-state index in [4.69, 9.17) is 4.74 Å². The first-order chi connectivity index (χ1) is 8.24. The van der Waals surface area contributed by atoms with Gasteiger partial charge < -0.3 is 4.74 Å². The van der Waals surface area contributed by atoms with Crippen molar-refractivity contribution in [2.45, 2.75) is 26.5 Å². The largest absolute Gasteiger partial charge is 0.491 e. The van der Waals surface area contributed by atoms with Crippen molar-refractivity contribution in [3.8, 4) is 5.75 Å². The van der Waals surface area contributed by atoms with Gasteiger partial charge in [-0.15, -0.1) is 0 Å². The lowest BCUT2D eigenvalue weighted by Crippen LogP contribution is -2.33. The van der Waals surface area contributed by atoms with E-state index in [2.05, 4.69) is 21.7 Å². The summed E-state index contributed by atoms with van der Waals surface area (Å²) in [6.45, 7) is 4.91. The first-order valence-corrected chi connectivity index (χ1v) is 5.79. The number of benzene rings is 1. The molecule has 1 heterocycles. The van der Waals surface area contributed by atoms with Crippen molar-refractivity contribution in [3.05, 3.63) is 54.6 Å². The first-order valence-electron chi connectivity index (χ1n) is 5.79. The maximum absolute atomic E-state index is 5.60. The van der Waals surface area contributed by atoms with Crippen LogP contribution in [0.25, 0.3) is 0 Å². The highest BCUT2D eigenvalue weighted by Crippen LogP contribution is 2.13. The molecule has 3 heteroatoms. The average molecular weight is 229 g/mol. The monoisotopic (exact) mass is 229 g/mol. The second-order valence-corrected chi connectivity index (χ2v) is 4.23. The Bertz CT molecular complexity index is 451. The van der Waals surface area contributed by atoms with E-state index < -0.39 is 0 Å². The second kappa shape index (κ2) is 5.43. The SMILES string of the molecule is CC(C)Oc1ccc(C[n+]2ccncc2)cc1. The summed E-state index contributed by atoms with van der Waals surface area (Å²) in [4.78, 5) is 3.99. The van der Waals surface area contributed by atoms with Gasteiger partial charge in [0.15, 0.2) is 18.9 Å². The molecule has 0 spiro atoms. The van der Waals surface area contributed by atoms with Gasteiger partial charge in [0.05, 0.1) is 18.5 Å². The molecule has 2 rings (SSSR count). The molecule has 0 saturated heterocycles. The molecular weight excluding hydrogens is 212 g/mol. The first kappa shape index (κ1) is 11.6. The van der Waals surface area contributed by atoms with Crippen LogP contribution in [0.3, 0.4) is 0 Å². The molecule has 0 aliphatic heterocycles. The van der Waals surface area contributed by atoms with Crippen molar-refractivity contribution >= 4 is 0 Å². The van der Waals surface area contributed by atoms with Crippen LogP contribution in [-0.4, -0.2) is 11.1 Å². The highest BCUT2D eigenvalue weighted by molar-refractivity contribution is 5.26. The summed E-state index contributed by atoms with van der Waals surface area (Å²) in [5.41, 5.74) is 1.25. The van der Waals surface area contributed by atoms with Gasteiger partial charge in [0.1, 0.15) is 5.75 Å². The number of hydrogen-bond donors (Lipinski definition) is 0. The highest BCUT2D eigenvalue weighted by atomic mass is 16.5. The number of hydrogen-bond acceptors (Lipinski definition) is 2.